The second-order valence-corrected chi connectivity index (χ2v) is 1.20. The Labute approximate surface area is 50.6 Å². The summed E-state index contributed by atoms with van der Waals surface area (Å²) in [5.41, 5.74) is 0. The molecule has 0 amide bonds. The van der Waals surface area contributed by atoms with Crippen LogP contribution < -0.4 is 5.32 Å². The number of nitrogens with one attached hydrogen (secondary N) is 1. The first kappa shape index (κ1) is 6.63. The minimum atomic E-state index is 0. The van der Waals surface area contributed by atoms with Gasteiger partial charge in [-0.3, -0.25) is 0 Å². The van der Waals surface area contributed by atoms with Crippen LogP contribution in [0.15, 0.2) is 24.4 Å². The fourth-order valence-corrected chi connectivity index (χ4v) is 0.406. The van der Waals surface area contributed by atoms with Crippen LogP contribution in [-0.2, 0) is 0 Å². The molecule has 1 rings (SSSR count). The smallest absolute Gasteiger partial charge is 0.0328 e. The summed E-state index contributed by atoms with van der Waals surface area (Å²) < 4.78 is 0. The summed E-state index contributed by atoms with van der Waals surface area (Å²) in [6.07, 6.45) is 8.00. The van der Waals surface area contributed by atoms with E-state index in [1.54, 1.807) is 0 Å². The molecule has 0 aromatic carbocycles. The molecule has 40 valence electrons. The van der Waals surface area contributed by atoms with E-state index in [1.165, 1.54) is 0 Å². The van der Waals surface area contributed by atoms with Crippen LogP contribution in [0, 0.1) is 0 Å². The molecular formula is C5H9NS. The second kappa shape index (κ2) is 3.81. The number of hydrogen-bond acceptors (Lipinski definition) is 1. The lowest BCUT2D eigenvalue weighted by Crippen LogP contribution is -2.05. The Balaban J connectivity index is 0.000000360. The van der Waals surface area contributed by atoms with Gasteiger partial charge in [-0.05, 0) is 12.3 Å². The molecule has 0 unspecified atom stereocenters. The van der Waals surface area contributed by atoms with Crippen LogP contribution in [0.5, 0.6) is 0 Å². The number of allylic oxidation sites excluding steroid dienone is 2. The number of rotatable bonds is 0. The molecule has 1 aliphatic rings. The van der Waals surface area contributed by atoms with Gasteiger partial charge in [-0.2, -0.15) is 13.5 Å². The van der Waals surface area contributed by atoms with Crippen molar-refractivity contribution in [3.63, 3.8) is 0 Å². The third-order valence-corrected chi connectivity index (χ3v) is 0.697. The Morgan fingerprint density at radius 3 is 2.29 bits per heavy atom. The zero-order valence-electron chi connectivity index (χ0n) is 4.02. The molecule has 0 spiro atoms. The summed E-state index contributed by atoms with van der Waals surface area (Å²) in [6.45, 7) is 0.983. The normalized spacial score (nSPS) is 14.9. The SMILES string of the molecule is C1=CCNC=C1.S. The zero-order valence-corrected chi connectivity index (χ0v) is 5.02. The predicted octanol–water partition coefficient (Wildman–Crippen LogP) is 0.772. The Hall–Kier alpha value is -0.370. The minimum absolute atomic E-state index is 0. The molecule has 0 saturated carbocycles. The van der Waals surface area contributed by atoms with Crippen molar-refractivity contribution < 1.29 is 0 Å². The molecule has 0 aliphatic carbocycles. The van der Waals surface area contributed by atoms with Crippen LogP contribution in [0.2, 0.25) is 0 Å². The molecule has 7 heavy (non-hydrogen) atoms. The summed E-state index contributed by atoms with van der Waals surface area (Å²) >= 11 is 0. The molecule has 0 aromatic heterocycles. The first-order chi connectivity index (χ1) is 3.00. The van der Waals surface area contributed by atoms with Gasteiger partial charge in [0.15, 0.2) is 0 Å². The fourth-order valence-electron chi connectivity index (χ4n) is 0.406. The molecule has 0 bridgehead atoms. The van der Waals surface area contributed by atoms with Crippen LogP contribution in [0.3, 0.4) is 0 Å². The second-order valence-electron chi connectivity index (χ2n) is 1.20. The lowest BCUT2D eigenvalue weighted by atomic mass is 10.4. The number of hydrogen-bond donors (Lipinski definition) is 1. The summed E-state index contributed by atoms with van der Waals surface area (Å²) in [6, 6.07) is 0. The van der Waals surface area contributed by atoms with Crippen molar-refractivity contribution in [3.8, 4) is 0 Å². The van der Waals surface area contributed by atoms with Crippen molar-refractivity contribution in [2.45, 2.75) is 0 Å². The van der Waals surface area contributed by atoms with Gasteiger partial charge in [0.2, 0.25) is 0 Å². The molecule has 1 heterocycles. The van der Waals surface area contributed by atoms with Crippen LogP contribution in [0.25, 0.3) is 0 Å². The maximum absolute atomic E-state index is 3.02. The molecule has 0 aromatic rings. The third-order valence-electron chi connectivity index (χ3n) is 0.697. The molecule has 1 aliphatic heterocycles. The summed E-state index contributed by atoms with van der Waals surface area (Å²) in [5, 5.41) is 3.02. The zero-order chi connectivity index (χ0) is 4.24. The molecule has 0 saturated heterocycles. The van der Waals surface area contributed by atoms with Gasteiger partial charge >= 0.3 is 0 Å². The van der Waals surface area contributed by atoms with E-state index in [4.69, 9.17) is 0 Å². The topological polar surface area (TPSA) is 12.0 Å². The lowest BCUT2D eigenvalue weighted by Gasteiger charge is -1.94. The van der Waals surface area contributed by atoms with E-state index in [0.717, 1.165) is 6.54 Å². The molecule has 0 fully saturated rings. The van der Waals surface area contributed by atoms with Crippen molar-refractivity contribution in [1.29, 1.82) is 0 Å². The molecule has 0 atom stereocenters. The van der Waals surface area contributed by atoms with E-state index < -0.39 is 0 Å². The van der Waals surface area contributed by atoms with Crippen molar-refractivity contribution in [3.05, 3.63) is 24.4 Å². The van der Waals surface area contributed by atoms with Crippen molar-refractivity contribution in [2.24, 2.45) is 0 Å². The van der Waals surface area contributed by atoms with Gasteiger partial charge in [-0.1, -0.05) is 12.2 Å². The summed E-state index contributed by atoms with van der Waals surface area (Å²) in [5.74, 6) is 0. The highest BCUT2D eigenvalue weighted by molar-refractivity contribution is 7.59. The molecule has 1 nitrogen and oxygen atoms in total. The highest BCUT2D eigenvalue weighted by Gasteiger charge is 1.73. The Morgan fingerprint density at radius 1 is 1.29 bits per heavy atom. The Kier molecular flexibility index (Phi) is 3.61. The van der Waals surface area contributed by atoms with Crippen LogP contribution in [-0.4, -0.2) is 6.54 Å². The maximum atomic E-state index is 3.02. The van der Waals surface area contributed by atoms with E-state index in [0.29, 0.717) is 0 Å². The Morgan fingerprint density at radius 2 is 2.14 bits per heavy atom. The van der Waals surface area contributed by atoms with Gasteiger partial charge in [0, 0.05) is 6.54 Å². The van der Waals surface area contributed by atoms with Crippen LogP contribution >= 0.6 is 13.5 Å². The molecule has 2 heteroatoms. The highest BCUT2D eigenvalue weighted by atomic mass is 32.1. The van der Waals surface area contributed by atoms with Gasteiger partial charge in [-0.15, -0.1) is 0 Å². The molecule has 0 radical (unpaired) electrons. The fraction of sp³-hybridized carbons (Fsp3) is 0.200. The predicted molar refractivity (Wildman–Crippen MR) is 36.7 cm³/mol. The Bertz CT molecular complexity index is 74.1. The van der Waals surface area contributed by atoms with Gasteiger partial charge in [-0.25, -0.2) is 0 Å². The number of dihydropyridines is 1. The van der Waals surface area contributed by atoms with E-state index in [2.05, 4.69) is 11.4 Å². The van der Waals surface area contributed by atoms with E-state index in [-0.39, 0.29) is 13.5 Å². The van der Waals surface area contributed by atoms with Crippen LogP contribution in [0.4, 0.5) is 0 Å². The summed E-state index contributed by atoms with van der Waals surface area (Å²) in [4.78, 5) is 0. The maximum Gasteiger partial charge on any atom is 0.0328 e. The van der Waals surface area contributed by atoms with E-state index >= 15 is 0 Å². The van der Waals surface area contributed by atoms with Gasteiger partial charge in [0.1, 0.15) is 0 Å². The van der Waals surface area contributed by atoms with E-state index in [1.807, 2.05) is 18.4 Å². The van der Waals surface area contributed by atoms with E-state index in [9.17, 15) is 0 Å². The molecular weight excluding hydrogens is 106 g/mol. The standard InChI is InChI=1S/C5H7N.H2S/c1-2-4-6-5-3-1;/h1-4,6H,5H2;1H2. The summed E-state index contributed by atoms with van der Waals surface area (Å²) in [7, 11) is 0. The highest BCUT2D eigenvalue weighted by Crippen LogP contribution is 1.78. The first-order valence-electron chi connectivity index (χ1n) is 2.05. The largest absolute Gasteiger partial charge is 0.387 e. The third kappa shape index (κ3) is 2.34. The van der Waals surface area contributed by atoms with Crippen molar-refractivity contribution in [2.75, 3.05) is 6.54 Å². The first-order valence-corrected chi connectivity index (χ1v) is 2.05. The lowest BCUT2D eigenvalue weighted by molar-refractivity contribution is 0.972. The monoisotopic (exact) mass is 115 g/mol. The van der Waals surface area contributed by atoms with Gasteiger partial charge in [0.05, 0.1) is 0 Å². The van der Waals surface area contributed by atoms with Gasteiger partial charge in [0.25, 0.3) is 0 Å². The average molecular weight is 115 g/mol. The average Bonchev–Trinajstić information content (AvgIpc) is 1.72. The van der Waals surface area contributed by atoms with Crippen molar-refractivity contribution in [1.82, 2.24) is 5.32 Å². The van der Waals surface area contributed by atoms with Crippen LogP contribution in [0.1, 0.15) is 0 Å². The minimum Gasteiger partial charge on any atom is -0.387 e. The molecule has 1 N–H and O–H groups in total. The van der Waals surface area contributed by atoms with Gasteiger partial charge < -0.3 is 5.32 Å². The quantitative estimate of drug-likeness (QED) is 0.492. The van der Waals surface area contributed by atoms with Crippen molar-refractivity contribution >= 4 is 13.5 Å².